The van der Waals surface area contributed by atoms with Crippen LogP contribution in [-0.2, 0) is 18.3 Å². The largest absolute Gasteiger partial charge is 0.340 e. The summed E-state index contributed by atoms with van der Waals surface area (Å²) in [7, 11) is 0. The Morgan fingerprint density at radius 2 is 1.43 bits per heavy atom. The summed E-state index contributed by atoms with van der Waals surface area (Å²) in [6, 6.07) is 9.98. The second-order valence-corrected chi connectivity index (χ2v) is 5.32. The van der Waals surface area contributed by atoms with E-state index >= 15 is 0 Å². The third-order valence-electron chi connectivity index (χ3n) is 3.91. The van der Waals surface area contributed by atoms with Gasteiger partial charge in [-0.2, -0.15) is 17.6 Å². The minimum atomic E-state index is -4.19. The molecule has 0 bridgehead atoms. The van der Waals surface area contributed by atoms with Crippen LogP contribution in [0.2, 0.25) is 0 Å². The standard InChI is InChI=1S/C17H14F4/c1-2-5-11-8-9-13-12-6-3-4-7-14(12)16(18,19)17(20,21)15(13)10-11/h3-4,6-10H,2,5H2,1H3. The lowest BCUT2D eigenvalue weighted by Crippen LogP contribution is -2.39. The van der Waals surface area contributed by atoms with E-state index in [-0.39, 0.29) is 11.1 Å². The van der Waals surface area contributed by atoms with Gasteiger partial charge in [-0.1, -0.05) is 49.7 Å². The number of benzene rings is 2. The zero-order chi connectivity index (χ0) is 15.3. The third-order valence-corrected chi connectivity index (χ3v) is 3.91. The van der Waals surface area contributed by atoms with E-state index in [4.69, 9.17) is 0 Å². The topological polar surface area (TPSA) is 0 Å². The molecule has 1 aliphatic carbocycles. The quantitative estimate of drug-likeness (QED) is 0.641. The average Bonchev–Trinajstić information content (AvgIpc) is 2.46. The number of aryl methyl sites for hydroxylation is 1. The van der Waals surface area contributed by atoms with Gasteiger partial charge in [0, 0.05) is 11.1 Å². The Balaban J connectivity index is 2.31. The molecule has 0 unspecified atom stereocenters. The first-order chi connectivity index (χ1) is 9.89. The van der Waals surface area contributed by atoms with Gasteiger partial charge in [0.1, 0.15) is 0 Å². The van der Waals surface area contributed by atoms with Crippen molar-refractivity contribution in [3.63, 3.8) is 0 Å². The van der Waals surface area contributed by atoms with Gasteiger partial charge in [0.15, 0.2) is 0 Å². The van der Waals surface area contributed by atoms with Crippen LogP contribution in [0.5, 0.6) is 0 Å². The third kappa shape index (κ3) is 1.88. The van der Waals surface area contributed by atoms with Gasteiger partial charge < -0.3 is 0 Å². The number of halogens is 4. The number of hydrogen-bond donors (Lipinski definition) is 0. The van der Waals surface area contributed by atoms with Crippen molar-refractivity contribution in [3.05, 3.63) is 59.2 Å². The highest BCUT2D eigenvalue weighted by molar-refractivity contribution is 5.76. The Hall–Kier alpha value is -1.84. The average molecular weight is 294 g/mol. The normalized spacial score (nSPS) is 18.0. The number of alkyl halides is 4. The van der Waals surface area contributed by atoms with Crippen molar-refractivity contribution in [3.8, 4) is 11.1 Å². The van der Waals surface area contributed by atoms with Crippen molar-refractivity contribution < 1.29 is 17.6 Å². The first kappa shape index (κ1) is 14.1. The fourth-order valence-corrected chi connectivity index (χ4v) is 2.86. The van der Waals surface area contributed by atoms with Crippen molar-refractivity contribution in [1.82, 2.24) is 0 Å². The molecular weight excluding hydrogens is 280 g/mol. The smallest absolute Gasteiger partial charge is 0.194 e. The van der Waals surface area contributed by atoms with Crippen molar-refractivity contribution in [2.75, 3.05) is 0 Å². The van der Waals surface area contributed by atoms with Gasteiger partial charge in [-0.25, -0.2) is 0 Å². The van der Waals surface area contributed by atoms with Gasteiger partial charge in [-0.3, -0.25) is 0 Å². The maximum Gasteiger partial charge on any atom is 0.340 e. The summed E-state index contributed by atoms with van der Waals surface area (Å²) >= 11 is 0. The molecule has 3 rings (SSSR count). The highest BCUT2D eigenvalue weighted by Gasteiger charge is 2.62. The summed E-state index contributed by atoms with van der Waals surface area (Å²) in [5.74, 6) is -8.39. The molecule has 0 amide bonds. The Bertz CT molecular complexity index is 689. The van der Waals surface area contributed by atoms with Crippen molar-refractivity contribution in [1.29, 1.82) is 0 Å². The second kappa shape index (κ2) is 4.58. The first-order valence-electron chi connectivity index (χ1n) is 6.88. The van der Waals surface area contributed by atoms with E-state index in [1.807, 2.05) is 6.92 Å². The Morgan fingerprint density at radius 1 is 0.810 bits per heavy atom. The molecule has 0 heterocycles. The molecule has 110 valence electrons. The molecule has 0 radical (unpaired) electrons. The lowest BCUT2D eigenvalue weighted by Gasteiger charge is -2.35. The molecule has 0 nitrogen and oxygen atoms in total. The molecule has 2 aromatic carbocycles. The minimum absolute atomic E-state index is 0.187. The molecular formula is C17H14F4. The van der Waals surface area contributed by atoms with Gasteiger partial charge >= 0.3 is 11.8 Å². The zero-order valence-corrected chi connectivity index (χ0v) is 11.5. The summed E-state index contributed by atoms with van der Waals surface area (Å²) in [6.45, 7) is 1.92. The molecule has 0 spiro atoms. The van der Waals surface area contributed by atoms with E-state index in [0.29, 0.717) is 12.0 Å². The lowest BCUT2D eigenvalue weighted by molar-refractivity contribution is -0.225. The monoisotopic (exact) mass is 294 g/mol. The Kier molecular flexibility index (Phi) is 3.08. The summed E-state index contributed by atoms with van der Waals surface area (Å²) in [6.07, 6.45) is 1.37. The number of rotatable bonds is 2. The lowest BCUT2D eigenvalue weighted by atomic mass is 9.79. The van der Waals surface area contributed by atoms with E-state index in [9.17, 15) is 17.6 Å². The van der Waals surface area contributed by atoms with Crippen LogP contribution < -0.4 is 0 Å². The van der Waals surface area contributed by atoms with Crippen LogP contribution in [-0.4, -0.2) is 0 Å². The van der Waals surface area contributed by atoms with Gasteiger partial charge in [-0.15, -0.1) is 0 Å². The molecule has 0 fully saturated rings. The summed E-state index contributed by atoms with van der Waals surface area (Å²) < 4.78 is 57.1. The molecule has 0 aliphatic heterocycles. The molecule has 4 heteroatoms. The maximum absolute atomic E-state index is 14.3. The molecule has 0 saturated heterocycles. The first-order valence-corrected chi connectivity index (χ1v) is 6.88. The van der Waals surface area contributed by atoms with E-state index < -0.39 is 23.0 Å². The van der Waals surface area contributed by atoms with E-state index in [0.717, 1.165) is 12.5 Å². The predicted molar refractivity (Wildman–Crippen MR) is 73.7 cm³/mol. The summed E-state index contributed by atoms with van der Waals surface area (Å²) in [5.41, 5.74) is -0.137. The van der Waals surface area contributed by atoms with E-state index in [1.165, 1.54) is 24.3 Å². The van der Waals surface area contributed by atoms with Crippen LogP contribution in [0, 0.1) is 0 Å². The van der Waals surface area contributed by atoms with Crippen molar-refractivity contribution in [2.45, 2.75) is 31.6 Å². The fourth-order valence-electron chi connectivity index (χ4n) is 2.86. The molecule has 0 N–H and O–H groups in total. The fraction of sp³-hybridized carbons (Fsp3) is 0.294. The Morgan fingerprint density at radius 3 is 2.14 bits per heavy atom. The Labute approximate surface area is 120 Å². The molecule has 2 aromatic rings. The second-order valence-electron chi connectivity index (χ2n) is 5.32. The zero-order valence-electron chi connectivity index (χ0n) is 11.5. The van der Waals surface area contributed by atoms with E-state index in [2.05, 4.69) is 0 Å². The molecule has 0 saturated carbocycles. The predicted octanol–water partition coefficient (Wildman–Crippen LogP) is 5.50. The summed E-state index contributed by atoms with van der Waals surface area (Å²) in [5, 5.41) is 0. The van der Waals surface area contributed by atoms with Gasteiger partial charge in [0.05, 0.1) is 0 Å². The van der Waals surface area contributed by atoms with Crippen LogP contribution in [0.4, 0.5) is 17.6 Å². The molecule has 0 aromatic heterocycles. The summed E-state index contributed by atoms with van der Waals surface area (Å²) in [4.78, 5) is 0. The minimum Gasteiger partial charge on any atom is -0.194 e. The highest BCUT2D eigenvalue weighted by Crippen LogP contribution is 2.57. The molecule has 21 heavy (non-hydrogen) atoms. The van der Waals surface area contributed by atoms with Crippen LogP contribution in [0.25, 0.3) is 11.1 Å². The van der Waals surface area contributed by atoms with Gasteiger partial charge in [0.25, 0.3) is 0 Å². The van der Waals surface area contributed by atoms with Crippen molar-refractivity contribution >= 4 is 0 Å². The van der Waals surface area contributed by atoms with Crippen LogP contribution in [0.15, 0.2) is 42.5 Å². The van der Waals surface area contributed by atoms with Crippen molar-refractivity contribution in [2.24, 2.45) is 0 Å². The van der Waals surface area contributed by atoms with Gasteiger partial charge in [-0.05, 0) is 29.2 Å². The van der Waals surface area contributed by atoms with Crippen LogP contribution in [0.3, 0.4) is 0 Å². The number of hydrogen-bond acceptors (Lipinski definition) is 0. The SMILES string of the molecule is CCCc1ccc2c(c1)C(F)(F)C(F)(F)c1ccccc1-2. The highest BCUT2D eigenvalue weighted by atomic mass is 19.3. The van der Waals surface area contributed by atoms with E-state index in [1.54, 1.807) is 12.1 Å². The molecule has 0 atom stereocenters. The number of fused-ring (bicyclic) bond motifs is 3. The van der Waals surface area contributed by atoms with Gasteiger partial charge in [0.2, 0.25) is 0 Å². The molecule has 1 aliphatic rings. The van der Waals surface area contributed by atoms with Crippen LogP contribution >= 0.6 is 0 Å². The van der Waals surface area contributed by atoms with Crippen LogP contribution in [0.1, 0.15) is 30.0 Å². The maximum atomic E-state index is 14.3.